The number of aliphatic hydroxyl groups is 1. The Morgan fingerprint density at radius 3 is 2.83 bits per heavy atom. The molecule has 132 valence electrons. The van der Waals surface area contributed by atoms with Crippen LogP contribution in [0.3, 0.4) is 0 Å². The van der Waals surface area contributed by atoms with Gasteiger partial charge in [0, 0.05) is 29.2 Å². The van der Waals surface area contributed by atoms with Crippen LogP contribution in [-0.2, 0) is 11.2 Å². The summed E-state index contributed by atoms with van der Waals surface area (Å²) >= 11 is 0. The molecule has 1 atom stereocenters. The van der Waals surface area contributed by atoms with E-state index >= 15 is 0 Å². The van der Waals surface area contributed by atoms with Gasteiger partial charge in [0.25, 0.3) is 0 Å². The van der Waals surface area contributed by atoms with E-state index in [0.29, 0.717) is 12.3 Å². The normalized spacial score (nSPS) is 13.0. The van der Waals surface area contributed by atoms with Gasteiger partial charge in [-0.15, -0.1) is 0 Å². The first kappa shape index (κ1) is 18.3. The lowest BCUT2D eigenvalue weighted by molar-refractivity contribution is -0.120. The number of hydrogen-bond donors (Lipinski definition) is 5. The summed E-state index contributed by atoms with van der Waals surface area (Å²) in [4.78, 5) is 14.7. The van der Waals surface area contributed by atoms with Gasteiger partial charge in [-0.05, 0) is 38.5 Å². The van der Waals surface area contributed by atoms with Crippen molar-refractivity contribution in [3.8, 4) is 5.75 Å². The first-order chi connectivity index (χ1) is 11.3. The minimum Gasteiger partial charge on any atom is -0.490 e. The van der Waals surface area contributed by atoms with Gasteiger partial charge in [-0.3, -0.25) is 10.2 Å². The zero-order valence-corrected chi connectivity index (χ0v) is 14.3. The highest BCUT2D eigenvalue weighted by atomic mass is 16.5. The van der Waals surface area contributed by atoms with E-state index in [1.807, 2.05) is 39.0 Å². The minimum absolute atomic E-state index is 0.0651. The Morgan fingerprint density at radius 1 is 1.42 bits per heavy atom. The maximum atomic E-state index is 11.5. The van der Waals surface area contributed by atoms with Gasteiger partial charge < -0.3 is 20.1 Å². The molecule has 2 aromatic rings. The minimum atomic E-state index is -0.630. The summed E-state index contributed by atoms with van der Waals surface area (Å²) < 4.78 is 5.79. The summed E-state index contributed by atoms with van der Waals surface area (Å²) in [5, 5.41) is 14.1. The average molecular weight is 334 g/mol. The zero-order chi connectivity index (χ0) is 17.7. The molecule has 0 unspecified atom stereocenters. The number of H-pyrrole nitrogens is 1. The number of nitrogens with one attached hydrogen (secondary N) is 3. The van der Waals surface area contributed by atoms with E-state index in [4.69, 9.17) is 10.6 Å². The van der Waals surface area contributed by atoms with Crippen LogP contribution in [0.2, 0.25) is 0 Å². The molecular formula is C17H26N4O3. The monoisotopic (exact) mass is 334 g/mol. The highest BCUT2D eigenvalue weighted by molar-refractivity contribution is 5.93. The van der Waals surface area contributed by atoms with E-state index in [-0.39, 0.29) is 24.5 Å². The smallest absolute Gasteiger partial charge is 0.238 e. The van der Waals surface area contributed by atoms with E-state index in [0.717, 1.165) is 16.5 Å². The van der Waals surface area contributed by atoms with Crippen molar-refractivity contribution in [1.29, 1.82) is 0 Å². The predicted octanol–water partition coefficient (Wildman–Crippen LogP) is 0.828. The Labute approximate surface area is 141 Å². The summed E-state index contributed by atoms with van der Waals surface area (Å²) in [5.74, 6) is 5.51. The molecule has 0 aliphatic rings. The molecule has 2 rings (SSSR count). The Balaban J connectivity index is 2.08. The molecule has 0 aliphatic heterocycles. The fourth-order valence-electron chi connectivity index (χ4n) is 2.37. The highest BCUT2D eigenvalue weighted by Crippen LogP contribution is 2.29. The molecule has 0 spiro atoms. The van der Waals surface area contributed by atoms with Crippen LogP contribution in [0.5, 0.6) is 5.75 Å². The van der Waals surface area contributed by atoms with Gasteiger partial charge in [-0.25, -0.2) is 5.84 Å². The van der Waals surface area contributed by atoms with Crippen LogP contribution in [0.25, 0.3) is 10.9 Å². The molecule has 0 fully saturated rings. The molecule has 0 saturated heterocycles. The molecule has 1 aromatic heterocycles. The summed E-state index contributed by atoms with van der Waals surface area (Å²) in [6.07, 6.45) is 1.30. The number of β-amino-alcohol motifs (C(OH)–C–C–N with tert-alkyl or cyclic N) is 1. The molecule has 0 saturated carbocycles. The number of nitrogens with two attached hydrogens (primary N) is 1. The zero-order valence-electron chi connectivity index (χ0n) is 14.3. The van der Waals surface area contributed by atoms with Crippen molar-refractivity contribution in [3.05, 3.63) is 30.0 Å². The molecule has 1 amide bonds. The number of aliphatic hydroxyl groups excluding tert-OH is 1. The summed E-state index contributed by atoms with van der Waals surface area (Å²) in [5.41, 5.74) is 3.73. The topological polar surface area (TPSA) is 112 Å². The SMILES string of the molecule is CC(C)(C)NC[C@@H](O)COc1cccc2[nH]cc(CC(=O)NN)c12. The Kier molecular flexibility index (Phi) is 5.82. The molecule has 24 heavy (non-hydrogen) atoms. The molecule has 0 radical (unpaired) electrons. The van der Waals surface area contributed by atoms with Crippen LogP contribution in [0.1, 0.15) is 26.3 Å². The highest BCUT2D eigenvalue weighted by Gasteiger charge is 2.15. The fraction of sp³-hybridized carbons (Fsp3) is 0.471. The number of carbonyl (C=O) groups is 1. The summed E-state index contributed by atoms with van der Waals surface area (Å²) in [6, 6.07) is 5.59. The number of ether oxygens (including phenoxy) is 1. The van der Waals surface area contributed by atoms with Crippen molar-refractivity contribution in [3.63, 3.8) is 0 Å². The maximum absolute atomic E-state index is 11.5. The number of aromatic nitrogens is 1. The van der Waals surface area contributed by atoms with Gasteiger partial charge in [0.05, 0.1) is 6.42 Å². The number of fused-ring (bicyclic) bond motifs is 1. The van der Waals surface area contributed by atoms with E-state index in [1.54, 1.807) is 6.20 Å². The van der Waals surface area contributed by atoms with Crippen molar-refractivity contribution in [2.75, 3.05) is 13.2 Å². The van der Waals surface area contributed by atoms with E-state index in [2.05, 4.69) is 15.7 Å². The number of hydrogen-bond acceptors (Lipinski definition) is 5. The second-order valence-electron chi connectivity index (χ2n) is 6.83. The van der Waals surface area contributed by atoms with E-state index in [1.165, 1.54) is 0 Å². The van der Waals surface area contributed by atoms with Crippen molar-refractivity contribution < 1.29 is 14.6 Å². The second-order valence-corrected chi connectivity index (χ2v) is 6.83. The largest absolute Gasteiger partial charge is 0.490 e. The number of aromatic amines is 1. The Hall–Kier alpha value is -2.09. The van der Waals surface area contributed by atoms with Crippen molar-refractivity contribution >= 4 is 16.8 Å². The van der Waals surface area contributed by atoms with Gasteiger partial charge in [0.15, 0.2) is 0 Å². The van der Waals surface area contributed by atoms with Crippen LogP contribution in [-0.4, -0.2) is 40.8 Å². The summed E-state index contributed by atoms with van der Waals surface area (Å²) in [6.45, 7) is 6.71. The molecule has 7 nitrogen and oxygen atoms in total. The van der Waals surface area contributed by atoms with Crippen LogP contribution in [0.4, 0.5) is 0 Å². The predicted molar refractivity (Wildman–Crippen MR) is 93.6 cm³/mol. The van der Waals surface area contributed by atoms with Crippen LogP contribution >= 0.6 is 0 Å². The first-order valence-corrected chi connectivity index (χ1v) is 7.94. The molecular weight excluding hydrogens is 308 g/mol. The molecule has 1 heterocycles. The number of amides is 1. The Morgan fingerprint density at radius 2 is 2.17 bits per heavy atom. The molecule has 0 aliphatic carbocycles. The molecule has 7 heteroatoms. The van der Waals surface area contributed by atoms with Gasteiger partial charge in [-0.2, -0.15) is 0 Å². The van der Waals surface area contributed by atoms with Gasteiger partial charge in [0.2, 0.25) is 5.91 Å². The molecule has 1 aromatic carbocycles. The van der Waals surface area contributed by atoms with Gasteiger partial charge in [-0.1, -0.05) is 6.07 Å². The lowest BCUT2D eigenvalue weighted by Crippen LogP contribution is -2.42. The van der Waals surface area contributed by atoms with Crippen LogP contribution in [0, 0.1) is 0 Å². The third-order valence-electron chi connectivity index (χ3n) is 3.56. The van der Waals surface area contributed by atoms with Crippen LogP contribution in [0.15, 0.2) is 24.4 Å². The fourth-order valence-corrected chi connectivity index (χ4v) is 2.37. The number of hydrazine groups is 1. The molecule has 6 N–H and O–H groups in total. The van der Waals surface area contributed by atoms with E-state index in [9.17, 15) is 9.90 Å². The summed E-state index contributed by atoms with van der Waals surface area (Å²) in [7, 11) is 0. The maximum Gasteiger partial charge on any atom is 0.238 e. The quantitative estimate of drug-likeness (QED) is 0.292. The third kappa shape index (κ3) is 4.95. The number of benzene rings is 1. The second kappa shape index (κ2) is 7.65. The number of rotatable bonds is 7. The molecule has 0 bridgehead atoms. The Bertz CT molecular complexity index is 691. The van der Waals surface area contributed by atoms with E-state index < -0.39 is 6.10 Å². The van der Waals surface area contributed by atoms with Crippen LogP contribution < -0.4 is 21.3 Å². The van der Waals surface area contributed by atoms with Crippen molar-refractivity contribution in [2.24, 2.45) is 5.84 Å². The lowest BCUT2D eigenvalue weighted by atomic mass is 10.1. The van der Waals surface area contributed by atoms with Gasteiger partial charge in [0.1, 0.15) is 18.5 Å². The average Bonchev–Trinajstić information content (AvgIpc) is 2.93. The standard InChI is InChI=1S/C17H26N4O3/c1-17(2,3)20-9-12(22)10-24-14-6-4-5-13-16(14)11(8-19-13)7-15(23)21-18/h4-6,8,12,19-20,22H,7,9-10,18H2,1-3H3,(H,21,23)/t12-/m1/s1. The van der Waals surface area contributed by atoms with Crippen molar-refractivity contribution in [1.82, 2.24) is 15.7 Å². The third-order valence-corrected chi connectivity index (χ3v) is 3.56. The lowest BCUT2D eigenvalue weighted by Gasteiger charge is -2.23. The van der Waals surface area contributed by atoms with Gasteiger partial charge >= 0.3 is 0 Å². The van der Waals surface area contributed by atoms with Crippen molar-refractivity contribution in [2.45, 2.75) is 38.8 Å². The first-order valence-electron chi connectivity index (χ1n) is 7.94. The number of carbonyl (C=O) groups excluding carboxylic acids is 1.